The highest BCUT2D eigenvalue weighted by Crippen LogP contribution is 2.27. The molecule has 0 saturated heterocycles. The number of nitrogens with two attached hydrogens (primary N) is 1. The van der Waals surface area contributed by atoms with Crippen molar-refractivity contribution in [1.29, 1.82) is 0 Å². The van der Waals surface area contributed by atoms with Gasteiger partial charge >= 0.3 is 0 Å². The van der Waals surface area contributed by atoms with Gasteiger partial charge in [0.2, 0.25) is 0 Å². The quantitative estimate of drug-likeness (QED) is 0.867. The van der Waals surface area contributed by atoms with E-state index in [2.05, 4.69) is 19.2 Å². The second-order valence-corrected chi connectivity index (χ2v) is 5.98. The Kier molecular flexibility index (Phi) is 4.63. The second kappa shape index (κ2) is 6.03. The lowest BCUT2D eigenvalue weighted by Crippen LogP contribution is -2.90. The summed E-state index contributed by atoms with van der Waals surface area (Å²) in [5.41, 5.74) is 0.643. The summed E-state index contributed by atoms with van der Waals surface area (Å²) in [5, 5.41) is 2.81. The predicted octanol–water partition coefficient (Wildman–Crippen LogP) is 3.37. The van der Waals surface area contributed by atoms with E-state index in [0.717, 1.165) is 5.92 Å². The number of halogens is 2. The molecule has 1 nitrogen and oxygen atoms in total. The zero-order chi connectivity index (χ0) is 13.1. The Morgan fingerprint density at radius 3 is 2.83 bits per heavy atom. The van der Waals surface area contributed by atoms with Gasteiger partial charge in [-0.3, -0.25) is 0 Å². The number of hydrogen-bond acceptors (Lipinski definition) is 0. The van der Waals surface area contributed by atoms with Crippen molar-refractivity contribution in [2.24, 2.45) is 11.8 Å². The van der Waals surface area contributed by atoms with Crippen LogP contribution >= 0.6 is 11.6 Å². The Labute approximate surface area is 114 Å². The normalized spacial score (nSPS) is 28.3. The van der Waals surface area contributed by atoms with Crippen molar-refractivity contribution in [1.82, 2.24) is 0 Å². The monoisotopic (exact) mass is 270 g/mol. The molecule has 2 rings (SSSR count). The highest BCUT2D eigenvalue weighted by atomic mass is 35.5. The standard InChI is InChI=1S/C15H21ClFN/c1-10-5-3-8-15(11(10)2)18-9-12-13(16)6-4-7-14(12)17/h4,6-7,10-11,15,18H,3,5,8-9H2,1-2H3/p+1/t10-,11+,15+/m0/s1. The molecule has 3 atom stereocenters. The van der Waals surface area contributed by atoms with Gasteiger partial charge in [-0.15, -0.1) is 0 Å². The van der Waals surface area contributed by atoms with E-state index in [1.165, 1.54) is 25.3 Å². The van der Waals surface area contributed by atoms with Gasteiger partial charge in [0.15, 0.2) is 0 Å². The maximum absolute atomic E-state index is 13.7. The average Bonchev–Trinajstić information content (AvgIpc) is 2.33. The maximum Gasteiger partial charge on any atom is 0.133 e. The summed E-state index contributed by atoms with van der Waals surface area (Å²) >= 11 is 6.05. The van der Waals surface area contributed by atoms with Crippen LogP contribution in [0.3, 0.4) is 0 Å². The largest absolute Gasteiger partial charge is 0.340 e. The first-order valence-electron chi connectivity index (χ1n) is 6.85. The molecule has 1 saturated carbocycles. The molecule has 1 aliphatic carbocycles. The van der Waals surface area contributed by atoms with E-state index >= 15 is 0 Å². The fraction of sp³-hybridized carbons (Fsp3) is 0.600. The van der Waals surface area contributed by atoms with Crippen LogP contribution < -0.4 is 5.32 Å². The van der Waals surface area contributed by atoms with Gasteiger partial charge in [0, 0.05) is 5.92 Å². The van der Waals surface area contributed by atoms with Crippen LogP contribution in [-0.2, 0) is 6.54 Å². The van der Waals surface area contributed by atoms with Gasteiger partial charge in [-0.2, -0.15) is 0 Å². The molecule has 0 unspecified atom stereocenters. The Morgan fingerprint density at radius 1 is 1.33 bits per heavy atom. The highest BCUT2D eigenvalue weighted by Gasteiger charge is 2.29. The van der Waals surface area contributed by atoms with Gasteiger partial charge in [-0.1, -0.05) is 31.5 Å². The summed E-state index contributed by atoms with van der Waals surface area (Å²) in [6.07, 6.45) is 3.85. The predicted molar refractivity (Wildman–Crippen MR) is 73.0 cm³/mol. The lowest BCUT2D eigenvalue weighted by molar-refractivity contribution is -0.713. The summed E-state index contributed by atoms with van der Waals surface area (Å²) < 4.78 is 13.7. The van der Waals surface area contributed by atoms with Crippen molar-refractivity contribution in [3.05, 3.63) is 34.6 Å². The van der Waals surface area contributed by atoms with Crippen molar-refractivity contribution < 1.29 is 9.71 Å². The van der Waals surface area contributed by atoms with Crippen LogP contribution in [0.25, 0.3) is 0 Å². The fourth-order valence-electron chi connectivity index (χ4n) is 2.95. The molecule has 100 valence electrons. The molecule has 0 spiro atoms. The van der Waals surface area contributed by atoms with Crippen molar-refractivity contribution in [3.63, 3.8) is 0 Å². The minimum Gasteiger partial charge on any atom is -0.340 e. The molecule has 1 aromatic rings. The molecule has 0 amide bonds. The number of benzene rings is 1. The Morgan fingerprint density at radius 2 is 2.11 bits per heavy atom. The number of quaternary nitrogens is 1. The smallest absolute Gasteiger partial charge is 0.133 e. The Balaban J connectivity index is 1.99. The van der Waals surface area contributed by atoms with Crippen LogP contribution in [0, 0.1) is 17.7 Å². The lowest BCUT2D eigenvalue weighted by Gasteiger charge is -2.32. The van der Waals surface area contributed by atoms with E-state index < -0.39 is 0 Å². The van der Waals surface area contributed by atoms with E-state index in [1.807, 2.05) is 0 Å². The third-order valence-corrected chi connectivity index (χ3v) is 4.81. The summed E-state index contributed by atoms with van der Waals surface area (Å²) in [6.45, 7) is 5.28. The lowest BCUT2D eigenvalue weighted by atomic mass is 9.78. The molecule has 0 heterocycles. The fourth-order valence-corrected chi connectivity index (χ4v) is 3.19. The third-order valence-electron chi connectivity index (χ3n) is 4.46. The van der Waals surface area contributed by atoms with Gasteiger partial charge in [0.25, 0.3) is 0 Å². The van der Waals surface area contributed by atoms with Crippen molar-refractivity contribution in [2.45, 2.75) is 45.7 Å². The maximum atomic E-state index is 13.7. The van der Waals surface area contributed by atoms with E-state index in [9.17, 15) is 4.39 Å². The van der Waals surface area contributed by atoms with E-state index in [1.54, 1.807) is 12.1 Å². The third kappa shape index (κ3) is 3.04. The topological polar surface area (TPSA) is 16.6 Å². The van der Waals surface area contributed by atoms with Crippen LogP contribution in [0.1, 0.15) is 38.7 Å². The SMILES string of the molecule is C[C@@H]1[C@@H](C)CCC[C@H]1[NH2+]Cc1c(F)cccc1Cl. The van der Waals surface area contributed by atoms with Gasteiger partial charge in [-0.05, 0) is 37.3 Å². The summed E-state index contributed by atoms with van der Waals surface area (Å²) in [4.78, 5) is 0. The average molecular weight is 271 g/mol. The van der Waals surface area contributed by atoms with Crippen molar-refractivity contribution >= 4 is 11.6 Å². The second-order valence-electron chi connectivity index (χ2n) is 5.57. The summed E-state index contributed by atoms with van der Waals surface area (Å²) in [7, 11) is 0. The van der Waals surface area contributed by atoms with Gasteiger partial charge in [0.1, 0.15) is 12.4 Å². The molecule has 0 aromatic heterocycles. The van der Waals surface area contributed by atoms with Gasteiger partial charge in [-0.25, -0.2) is 4.39 Å². The zero-order valence-electron chi connectivity index (χ0n) is 11.1. The van der Waals surface area contributed by atoms with Crippen LogP contribution in [0.15, 0.2) is 18.2 Å². The molecule has 1 fully saturated rings. The zero-order valence-corrected chi connectivity index (χ0v) is 11.9. The van der Waals surface area contributed by atoms with Crippen molar-refractivity contribution in [3.8, 4) is 0 Å². The van der Waals surface area contributed by atoms with Gasteiger partial charge < -0.3 is 5.32 Å². The first-order chi connectivity index (χ1) is 8.59. The number of hydrogen-bond donors (Lipinski definition) is 1. The molecule has 18 heavy (non-hydrogen) atoms. The summed E-state index contributed by atoms with van der Waals surface area (Å²) in [5.74, 6) is 1.29. The molecule has 1 aliphatic rings. The van der Waals surface area contributed by atoms with E-state index in [0.29, 0.717) is 29.1 Å². The molecule has 0 bridgehead atoms. The molecule has 1 aromatic carbocycles. The van der Waals surface area contributed by atoms with Crippen LogP contribution in [0.4, 0.5) is 4.39 Å². The van der Waals surface area contributed by atoms with Crippen LogP contribution in [-0.4, -0.2) is 6.04 Å². The van der Waals surface area contributed by atoms with Crippen LogP contribution in [0.2, 0.25) is 5.02 Å². The number of rotatable bonds is 3. The minimum absolute atomic E-state index is 0.185. The summed E-state index contributed by atoms with van der Waals surface area (Å²) in [6, 6.07) is 5.51. The van der Waals surface area contributed by atoms with Crippen molar-refractivity contribution in [2.75, 3.05) is 0 Å². The molecule has 2 N–H and O–H groups in total. The van der Waals surface area contributed by atoms with Gasteiger partial charge in [0.05, 0.1) is 16.6 Å². The molecular formula is C15H22ClFN+. The van der Waals surface area contributed by atoms with E-state index in [-0.39, 0.29) is 5.82 Å². The van der Waals surface area contributed by atoms with Crippen LogP contribution in [0.5, 0.6) is 0 Å². The minimum atomic E-state index is -0.185. The first-order valence-corrected chi connectivity index (χ1v) is 7.23. The Bertz CT molecular complexity index is 387. The van der Waals surface area contributed by atoms with E-state index in [4.69, 9.17) is 11.6 Å². The first kappa shape index (κ1) is 13.8. The molecule has 0 radical (unpaired) electrons. The molecule has 3 heteroatoms. The molecule has 0 aliphatic heterocycles. The Hall–Kier alpha value is -0.600. The highest BCUT2D eigenvalue weighted by molar-refractivity contribution is 6.31. The molecular weight excluding hydrogens is 249 g/mol.